The second-order valence-electron chi connectivity index (χ2n) is 3.45. The molecule has 0 unspecified atom stereocenters. The first kappa shape index (κ1) is 11.5. The lowest BCUT2D eigenvalue weighted by molar-refractivity contribution is 0.364. The number of hydrogen-bond acceptors (Lipinski definition) is 2. The van der Waals surface area contributed by atoms with Crippen LogP contribution in [-0.2, 0) is 6.54 Å². The molecule has 2 nitrogen and oxygen atoms in total. The van der Waals surface area contributed by atoms with Crippen molar-refractivity contribution < 1.29 is 4.74 Å². The minimum Gasteiger partial charge on any atom is -0.496 e. The van der Waals surface area contributed by atoms with E-state index in [0.717, 1.165) is 17.7 Å². The van der Waals surface area contributed by atoms with Crippen LogP contribution in [0.2, 0.25) is 0 Å². The second-order valence-corrected chi connectivity index (χ2v) is 3.95. The van der Waals surface area contributed by atoms with Crippen LogP contribution in [0.15, 0.2) is 18.2 Å². The summed E-state index contributed by atoms with van der Waals surface area (Å²) in [6.07, 6.45) is 0. The summed E-state index contributed by atoms with van der Waals surface area (Å²) >= 11 is 3.42. The Labute approximate surface area is 94.0 Å². The zero-order chi connectivity index (χ0) is 10.6. The Morgan fingerprint density at radius 1 is 1.43 bits per heavy atom. The SMILES string of the molecule is COc1ccc(C)cc1CN(C)CBr. The number of halogens is 1. The van der Waals surface area contributed by atoms with Crippen molar-refractivity contribution >= 4 is 15.9 Å². The highest BCUT2D eigenvalue weighted by atomic mass is 79.9. The molecule has 0 aliphatic heterocycles. The molecule has 0 aliphatic rings. The molecule has 3 heteroatoms. The van der Waals surface area contributed by atoms with Gasteiger partial charge in [0, 0.05) is 12.1 Å². The van der Waals surface area contributed by atoms with Crippen LogP contribution in [0.5, 0.6) is 5.75 Å². The Hall–Kier alpha value is -0.540. The zero-order valence-corrected chi connectivity index (χ0v) is 10.5. The van der Waals surface area contributed by atoms with Crippen molar-refractivity contribution in [2.24, 2.45) is 0 Å². The van der Waals surface area contributed by atoms with Crippen LogP contribution in [0.4, 0.5) is 0 Å². The van der Waals surface area contributed by atoms with E-state index in [4.69, 9.17) is 4.74 Å². The number of ether oxygens (including phenoxy) is 1. The Morgan fingerprint density at radius 2 is 2.14 bits per heavy atom. The molecule has 78 valence electrons. The van der Waals surface area contributed by atoms with Gasteiger partial charge in [-0.15, -0.1) is 0 Å². The fourth-order valence-corrected chi connectivity index (χ4v) is 1.54. The summed E-state index contributed by atoms with van der Waals surface area (Å²) in [5, 5.41) is 0. The van der Waals surface area contributed by atoms with Crippen molar-refractivity contribution in [3.8, 4) is 5.75 Å². The van der Waals surface area contributed by atoms with Crippen molar-refractivity contribution in [2.75, 3.05) is 19.6 Å². The standard InChI is InChI=1S/C11H16BrNO/c1-9-4-5-11(14-3)10(6-9)7-13(2)8-12/h4-6H,7-8H2,1-3H3. The molecule has 0 saturated heterocycles. The Balaban J connectivity index is 2.87. The molecule has 0 fully saturated rings. The lowest BCUT2D eigenvalue weighted by Crippen LogP contribution is -2.15. The quantitative estimate of drug-likeness (QED) is 0.608. The van der Waals surface area contributed by atoms with Crippen molar-refractivity contribution in [3.05, 3.63) is 29.3 Å². The van der Waals surface area contributed by atoms with Crippen molar-refractivity contribution in [3.63, 3.8) is 0 Å². The topological polar surface area (TPSA) is 12.5 Å². The van der Waals surface area contributed by atoms with Crippen LogP contribution in [0.1, 0.15) is 11.1 Å². The lowest BCUT2D eigenvalue weighted by Gasteiger charge is -2.15. The normalized spacial score (nSPS) is 10.6. The van der Waals surface area contributed by atoms with E-state index in [2.05, 4.69) is 46.9 Å². The Kier molecular flexibility index (Phi) is 4.42. The summed E-state index contributed by atoms with van der Waals surface area (Å²) in [7, 11) is 3.78. The average Bonchev–Trinajstić information content (AvgIpc) is 2.18. The molecule has 0 heterocycles. The third-order valence-corrected chi connectivity index (χ3v) is 2.94. The zero-order valence-electron chi connectivity index (χ0n) is 8.88. The number of methoxy groups -OCH3 is 1. The predicted molar refractivity (Wildman–Crippen MR) is 63.0 cm³/mol. The van der Waals surface area contributed by atoms with Gasteiger partial charge in [-0.3, -0.25) is 4.90 Å². The molecule has 1 rings (SSSR count). The second kappa shape index (κ2) is 5.37. The summed E-state index contributed by atoms with van der Waals surface area (Å²) in [4.78, 5) is 2.18. The van der Waals surface area contributed by atoms with Gasteiger partial charge in [-0.25, -0.2) is 0 Å². The maximum Gasteiger partial charge on any atom is 0.123 e. The fraction of sp³-hybridized carbons (Fsp3) is 0.455. The highest BCUT2D eigenvalue weighted by Gasteiger charge is 2.05. The summed E-state index contributed by atoms with van der Waals surface area (Å²) in [5.74, 6) is 0.961. The first-order valence-electron chi connectivity index (χ1n) is 4.55. The minimum absolute atomic E-state index is 0.865. The van der Waals surface area contributed by atoms with Crippen LogP contribution in [0, 0.1) is 6.92 Å². The molecule has 0 spiro atoms. The van der Waals surface area contributed by atoms with Crippen LogP contribution in [0.25, 0.3) is 0 Å². The predicted octanol–water partition coefficient (Wildman–Crippen LogP) is 2.79. The monoisotopic (exact) mass is 257 g/mol. The number of alkyl halides is 1. The fourth-order valence-electron chi connectivity index (χ4n) is 1.36. The molecular formula is C11H16BrNO. The molecule has 0 saturated carbocycles. The molecule has 14 heavy (non-hydrogen) atoms. The molecule has 0 radical (unpaired) electrons. The Morgan fingerprint density at radius 3 is 2.71 bits per heavy atom. The summed E-state index contributed by atoms with van der Waals surface area (Å²) in [5.41, 5.74) is 3.36. The number of rotatable bonds is 4. The first-order chi connectivity index (χ1) is 6.67. The van der Waals surface area contributed by atoms with E-state index in [1.165, 1.54) is 11.1 Å². The van der Waals surface area contributed by atoms with Crippen LogP contribution in [0.3, 0.4) is 0 Å². The van der Waals surface area contributed by atoms with E-state index in [-0.39, 0.29) is 0 Å². The van der Waals surface area contributed by atoms with Gasteiger partial charge < -0.3 is 4.74 Å². The molecule has 1 aromatic rings. The molecule has 0 bridgehead atoms. The third-order valence-electron chi connectivity index (χ3n) is 2.08. The number of hydrogen-bond donors (Lipinski definition) is 0. The van der Waals surface area contributed by atoms with E-state index < -0.39 is 0 Å². The summed E-state index contributed by atoms with van der Waals surface area (Å²) in [6, 6.07) is 6.25. The van der Waals surface area contributed by atoms with Crippen LogP contribution in [-0.4, -0.2) is 24.5 Å². The van der Waals surface area contributed by atoms with Crippen molar-refractivity contribution in [1.82, 2.24) is 4.90 Å². The Bertz CT molecular complexity index is 301. The largest absolute Gasteiger partial charge is 0.496 e. The summed E-state index contributed by atoms with van der Waals surface area (Å²) < 4.78 is 5.30. The average molecular weight is 258 g/mol. The van der Waals surface area contributed by atoms with Crippen molar-refractivity contribution in [1.29, 1.82) is 0 Å². The van der Waals surface area contributed by atoms with Crippen LogP contribution >= 0.6 is 15.9 Å². The maximum atomic E-state index is 5.30. The van der Waals surface area contributed by atoms with Gasteiger partial charge in [-0.05, 0) is 20.0 Å². The van der Waals surface area contributed by atoms with Gasteiger partial charge in [0.1, 0.15) is 5.75 Å². The highest BCUT2D eigenvalue weighted by Crippen LogP contribution is 2.20. The number of nitrogens with zero attached hydrogens (tertiary/aromatic N) is 1. The van der Waals surface area contributed by atoms with Crippen LogP contribution < -0.4 is 4.74 Å². The van der Waals surface area contributed by atoms with Gasteiger partial charge in [-0.2, -0.15) is 0 Å². The smallest absolute Gasteiger partial charge is 0.123 e. The molecule has 0 N–H and O–H groups in total. The number of aryl methyl sites for hydroxylation is 1. The molecule has 0 amide bonds. The number of benzene rings is 1. The molecule has 0 atom stereocenters. The van der Waals surface area contributed by atoms with Gasteiger partial charge in [-0.1, -0.05) is 33.6 Å². The molecule has 1 aromatic carbocycles. The maximum absolute atomic E-state index is 5.30. The molecule has 0 aliphatic carbocycles. The van der Waals surface area contributed by atoms with E-state index in [1.54, 1.807) is 7.11 Å². The van der Waals surface area contributed by atoms with Gasteiger partial charge in [0.15, 0.2) is 0 Å². The summed E-state index contributed by atoms with van der Waals surface area (Å²) in [6.45, 7) is 2.99. The minimum atomic E-state index is 0.865. The molecule has 0 aromatic heterocycles. The van der Waals surface area contributed by atoms with Gasteiger partial charge in [0.05, 0.1) is 12.6 Å². The van der Waals surface area contributed by atoms with E-state index >= 15 is 0 Å². The van der Waals surface area contributed by atoms with E-state index in [9.17, 15) is 0 Å². The van der Waals surface area contributed by atoms with Gasteiger partial charge in [0.25, 0.3) is 0 Å². The molecular weight excluding hydrogens is 242 g/mol. The lowest BCUT2D eigenvalue weighted by atomic mass is 10.1. The first-order valence-corrected chi connectivity index (χ1v) is 5.67. The highest BCUT2D eigenvalue weighted by molar-refractivity contribution is 9.09. The third kappa shape index (κ3) is 3.00. The van der Waals surface area contributed by atoms with Crippen molar-refractivity contribution in [2.45, 2.75) is 13.5 Å². The van der Waals surface area contributed by atoms with E-state index in [1.807, 2.05) is 6.07 Å². The van der Waals surface area contributed by atoms with E-state index in [0.29, 0.717) is 0 Å². The van der Waals surface area contributed by atoms with Gasteiger partial charge >= 0.3 is 0 Å². The van der Waals surface area contributed by atoms with Gasteiger partial charge in [0.2, 0.25) is 0 Å².